The number of rotatable bonds is 3. The molecule has 2 rings (SSSR count). The van der Waals surface area contributed by atoms with Crippen molar-refractivity contribution in [1.82, 2.24) is 0 Å². The lowest BCUT2D eigenvalue weighted by atomic mass is 9.75. The molecule has 0 aromatic heterocycles. The molecule has 0 unspecified atom stereocenters. The molecule has 1 aromatic carbocycles. The number of ketones is 1. The molecule has 1 aliphatic rings. The molecule has 16 heavy (non-hydrogen) atoms. The summed E-state index contributed by atoms with van der Waals surface area (Å²) in [7, 11) is 0. The van der Waals surface area contributed by atoms with Gasteiger partial charge < -0.3 is 5.73 Å². The van der Waals surface area contributed by atoms with Gasteiger partial charge in [-0.3, -0.25) is 4.79 Å². The lowest BCUT2D eigenvalue weighted by molar-refractivity contribution is -0.123. The minimum Gasteiger partial charge on any atom is -0.324 e. The van der Waals surface area contributed by atoms with Crippen LogP contribution in [-0.4, -0.2) is 12.3 Å². The molecule has 88 valence electrons. The Balaban J connectivity index is 0.00000128. The molecule has 0 saturated heterocycles. The van der Waals surface area contributed by atoms with Crippen molar-refractivity contribution in [2.45, 2.75) is 31.1 Å². The third-order valence-corrected chi connectivity index (χ3v) is 3.50. The van der Waals surface area contributed by atoms with Crippen molar-refractivity contribution < 1.29 is 4.79 Å². The van der Waals surface area contributed by atoms with Crippen LogP contribution >= 0.6 is 17.0 Å². The van der Waals surface area contributed by atoms with E-state index in [0.29, 0.717) is 0 Å². The number of carbonyl (C=O) groups is 1. The Kier molecular flexibility index (Phi) is 4.69. The summed E-state index contributed by atoms with van der Waals surface area (Å²) in [6.07, 6.45) is 4.21. The maximum absolute atomic E-state index is 12.0. The van der Waals surface area contributed by atoms with Crippen molar-refractivity contribution in [2.24, 2.45) is 5.73 Å². The largest absolute Gasteiger partial charge is 0.324 e. The van der Waals surface area contributed by atoms with Crippen LogP contribution in [0.15, 0.2) is 30.3 Å². The first-order valence-electron chi connectivity index (χ1n) is 5.58. The summed E-state index contributed by atoms with van der Waals surface area (Å²) in [6.45, 7) is 0.162. The van der Waals surface area contributed by atoms with Gasteiger partial charge in [0.1, 0.15) is 0 Å². The standard InChI is InChI=1S/C13H17NO.BrH/c14-10-12(15)13(8-4-5-9-13)11-6-2-1-3-7-11;/h1-3,6-7H,4-5,8-10,14H2;1H. The van der Waals surface area contributed by atoms with E-state index in [4.69, 9.17) is 5.73 Å². The van der Waals surface area contributed by atoms with Crippen molar-refractivity contribution in [2.75, 3.05) is 6.54 Å². The van der Waals surface area contributed by atoms with E-state index in [2.05, 4.69) is 12.1 Å². The second kappa shape index (κ2) is 5.60. The highest BCUT2D eigenvalue weighted by Gasteiger charge is 2.41. The molecule has 1 aliphatic carbocycles. The molecule has 1 aromatic rings. The highest BCUT2D eigenvalue weighted by atomic mass is 79.9. The van der Waals surface area contributed by atoms with Crippen LogP contribution in [0.25, 0.3) is 0 Å². The average Bonchev–Trinajstić information content (AvgIpc) is 2.79. The van der Waals surface area contributed by atoms with E-state index in [1.807, 2.05) is 18.2 Å². The van der Waals surface area contributed by atoms with Crippen molar-refractivity contribution in [3.05, 3.63) is 35.9 Å². The van der Waals surface area contributed by atoms with Gasteiger partial charge in [0.2, 0.25) is 0 Å². The Labute approximate surface area is 107 Å². The maximum atomic E-state index is 12.0. The SMILES string of the molecule is Br.NCC(=O)C1(c2ccccc2)CCCC1. The van der Waals surface area contributed by atoms with Crippen LogP contribution in [0.2, 0.25) is 0 Å². The molecular formula is C13H18BrNO. The van der Waals surface area contributed by atoms with Gasteiger partial charge in [-0.15, -0.1) is 17.0 Å². The summed E-state index contributed by atoms with van der Waals surface area (Å²) >= 11 is 0. The number of hydrogen-bond acceptors (Lipinski definition) is 2. The first kappa shape index (κ1) is 13.4. The van der Waals surface area contributed by atoms with Crippen molar-refractivity contribution in [3.8, 4) is 0 Å². The molecule has 1 fully saturated rings. The zero-order valence-electron chi connectivity index (χ0n) is 9.32. The van der Waals surface area contributed by atoms with E-state index in [9.17, 15) is 4.79 Å². The molecule has 2 nitrogen and oxygen atoms in total. The van der Waals surface area contributed by atoms with Gasteiger partial charge >= 0.3 is 0 Å². The second-order valence-corrected chi connectivity index (χ2v) is 4.28. The molecule has 0 radical (unpaired) electrons. The van der Waals surface area contributed by atoms with E-state index in [1.54, 1.807) is 0 Å². The fraction of sp³-hybridized carbons (Fsp3) is 0.462. The van der Waals surface area contributed by atoms with Gasteiger partial charge in [-0.2, -0.15) is 0 Å². The minimum absolute atomic E-state index is 0. The lowest BCUT2D eigenvalue weighted by Gasteiger charge is -2.27. The van der Waals surface area contributed by atoms with Gasteiger partial charge in [0.15, 0.2) is 5.78 Å². The normalized spacial score (nSPS) is 17.8. The fourth-order valence-corrected chi connectivity index (χ4v) is 2.66. The first-order valence-corrected chi connectivity index (χ1v) is 5.58. The van der Waals surface area contributed by atoms with Gasteiger partial charge in [-0.1, -0.05) is 43.2 Å². The summed E-state index contributed by atoms with van der Waals surface area (Å²) in [5, 5.41) is 0. The zero-order chi connectivity index (χ0) is 10.7. The van der Waals surface area contributed by atoms with Gasteiger partial charge in [0, 0.05) is 0 Å². The molecule has 0 atom stereocenters. The summed E-state index contributed by atoms with van der Waals surface area (Å²) in [5.41, 5.74) is 6.41. The topological polar surface area (TPSA) is 43.1 Å². The third kappa shape index (κ3) is 2.20. The molecule has 0 heterocycles. The highest BCUT2D eigenvalue weighted by molar-refractivity contribution is 8.93. The molecule has 2 N–H and O–H groups in total. The molecule has 0 aliphatic heterocycles. The fourth-order valence-electron chi connectivity index (χ4n) is 2.66. The number of benzene rings is 1. The molecule has 0 amide bonds. The smallest absolute Gasteiger partial charge is 0.156 e. The summed E-state index contributed by atoms with van der Waals surface area (Å²) in [5.74, 6) is 0.200. The maximum Gasteiger partial charge on any atom is 0.156 e. The molecule has 0 spiro atoms. The predicted molar refractivity (Wildman–Crippen MR) is 71.0 cm³/mol. The number of hydrogen-bond donors (Lipinski definition) is 1. The molecule has 3 heteroatoms. The van der Waals surface area contributed by atoms with Crippen molar-refractivity contribution in [3.63, 3.8) is 0 Å². The Bertz CT molecular complexity index is 344. The number of carbonyl (C=O) groups excluding carboxylic acids is 1. The Morgan fingerprint density at radius 2 is 1.75 bits per heavy atom. The second-order valence-electron chi connectivity index (χ2n) is 4.28. The van der Waals surface area contributed by atoms with Crippen molar-refractivity contribution >= 4 is 22.8 Å². The van der Waals surface area contributed by atoms with Crippen LogP contribution in [0.5, 0.6) is 0 Å². The Hall–Kier alpha value is -0.670. The van der Waals surface area contributed by atoms with E-state index < -0.39 is 0 Å². The van der Waals surface area contributed by atoms with Crippen LogP contribution in [0.4, 0.5) is 0 Å². The molecule has 0 bridgehead atoms. The summed E-state index contributed by atoms with van der Waals surface area (Å²) < 4.78 is 0. The van der Waals surface area contributed by atoms with E-state index in [1.165, 1.54) is 0 Å². The molecule has 1 saturated carbocycles. The summed E-state index contributed by atoms with van der Waals surface area (Å²) in [6, 6.07) is 10.1. The predicted octanol–water partition coefficient (Wildman–Crippen LogP) is 2.60. The van der Waals surface area contributed by atoms with E-state index in [-0.39, 0.29) is 34.7 Å². The number of Topliss-reactive ketones (excluding diaryl/α,β-unsaturated/α-hetero) is 1. The third-order valence-electron chi connectivity index (χ3n) is 3.50. The molecular weight excluding hydrogens is 266 g/mol. The van der Waals surface area contributed by atoms with Crippen LogP contribution in [-0.2, 0) is 10.2 Å². The quantitative estimate of drug-likeness (QED) is 0.927. The van der Waals surface area contributed by atoms with Crippen LogP contribution < -0.4 is 5.73 Å². The van der Waals surface area contributed by atoms with Gasteiger partial charge in [-0.25, -0.2) is 0 Å². The summed E-state index contributed by atoms with van der Waals surface area (Å²) in [4.78, 5) is 12.0. The van der Waals surface area contributed by atoms with Crippen LogP contribution in [0.3, 0.4) is 0 Å². The van der Waals surface area contributed by atoms with Gasteiger partial charge in [0.25, 0.3) is 0 Å². The number of nitrogens with two attached hydrogens (primary N) is 1. The van der Waals surface area contributed by atoms with E-state index >= 15 is 0 Å². The highest BCUT2D eigenvalue weighted by Crippen LogP contribution is 2.41. The Morgan fingerprint density at radius 1 is 1.19 bits per heavy atom. The van der Waals surface area contributed by atoms with E-state index in [0.717, 1.165) is 31.2 Å². The average molecular weight is 284 g/mol. The van der Waals surface area contributed by atoms with Gasteiger partial charge in [-0.05, 0) is 18.4 Å². The first-order chi connectivity index (χ1) is 7.29. The van der Waals surface area contributed by atoms with Crippen LogP contribution in [0, 0.1) is 0 Å². The zero-order valence-corrected chi connectivity index (χ0v) is 11.0. The number of halogens is 1. The monoisotopic (exact) mass is 283 g/mol. The van der Waals surface area contributed by atoms with Crippen LogP contribution in [0.1, 0.15) is 31.2 Å². The Morgan fingerprint density at radius 3 is 2.25 bits per heavy atom. The van der Waals surface area contributed by atoms with Gasteiger partial charge in [0.05, 0.1) is 12.0 Å². The lowest BCUT2D eigenvalue weighted by Crippen LogP contribution is -2.37. The minimum atomic E-state index is -0.268. The van der Waals surface area contributed by atoms with Crippen molar-refractivity contribution in [1.29, 1.82) is 0 Å².